The highest BCUT2D eigenvalue weighted by molar-refractivity contribution is 7.93. The smallest absolute Gasteiger partial charge is 0.338 e. The molecule has 3 N–H and O–H groups in total. The fraction of sp³-hybridized carbons (Fsp3) is 0.0556. The average molecular weight is 462 g/mol. The van der Waals surface area contributed by atoms with Crippen LogP contribution in [0.1, 0.15) is 10.4 Å². The van der Waals surface area contributed by atoms with Gasteiger partial charge in [-0.25, -0.2) is 18.2 Å². The van der Waals surface area contributed by atoms with Crippen LogP contribution >= 0.6 is 11.3 Å². The Bertz CT molecular complexity index is 1250. The zero-order valence-corrected chi connectivity index (χ0v) is 17.2. The van der Waals surface area contributed by atoms with E-state index in [-0.39, 0.29) is 25.5 Å². The molecule has 13 heteroatoms. The van der Waals surface area contributed by atoms with Crippen LogP contribution in [0.5, 0.6) is 0 Å². The molecule has 160 valence electrons. The fourth-order valence-corrected chi connectivity index (χ4v) is 4.79. The number of nitrogens with zero attached hydrogens (tertiary/aromatic N) is 2. The summed E-state index contributed by atoms with van der Waals surface area (Å²) in [6.07, 6.45) is 1.05. The van der Waals surface area contributed by atoms with Crippen molar-refractivity contribution in [3.63, 3.8) is 0 Å². The second-order valence-electron chi connectivity index (χ2n) is 5.99. The number of nitro groups is 1. The van der Waals surface area contributed by atoms with E-state index in [0.717, 1.165) is 30.5 Å². The lowest BCUT2D eigenvalue weighted by atomic mass is 10.2. The number of amides is 1. The maximum Gasteiger partial charge on any atom is 0.338 e. The fourth-order valence-electron chi connectivity index (χ4n) is 2.34. The molecule has 11 nitrogen and oxygen atoms in total. The molecule has 3 aromatic rings. The molecule has 0 saturated carbocycles. The predicted octanol–water partition coefficient (Wildman–Crippen LogP) is 2.26. The summed E-state index contributed by atoms with van der Waals surface area (Å²) in [5, 5.41) is 13.0. The average Bonchev–Trinajstić information content (AvgIpc) is 3.21. The number of sulfone groups is 1. The number of non-ortho nitro benzene ring substituents is 1. The van der Waals surface area contributed by atoms with Gasteiger partial charge in [0.1, 0.15) is 4.21 Å². The number of benzene rings is 2. The number of nitrogens with one attached hydrogen (secondary N) is 1. The highest BCUT2D eigenvalue weighted by atomic mass is 32.2. The van der Waals surface area contributed by atoms with Crippen LogP contribution in [-0.4, -0.2) is 36.8 Å². The molecule has 0 aliphatic rings. The van der Waals surface area contributed by atoms with Crippen molar-refractivity contribution in [2.45, 2.75) is 9.10 Å². The molecular weight excluding hydrogens is 448 g/mol. The zero-order chi connectivity index (χ0) is 22.6. The van der Waals surface area contributed by atoms with Gasteiger partial charge in [0.25, 0.3) is 11.6 Å². The van der Waals surface area contributed by atoms with Crippen molar-refractivity contribution in [2.24, 2.45) is 0 Å². The van der Waals surface area contributed by atoms with Crippen molar-refractivity contribution in [1.29, 1.82) is 0 Å². The van der Waals surface area contributed by atoms with E-state index in [1.54, 1.807) is 12.1 Å². The van der Waals surface area contributed by atoms with Gasteiger partial charge in [0.2, 0.25) is 9.84 Å². The van der Waals surface area contributed by atoms with Gasteiger partial charge in [-0.15, -0.1) is 0 Å². The molecule has 0 saturated heterocycles. The molecule has 1 heterocycles. The van der Waals surface area contributed by atoms with Crippen LogP contribution in [0.2, 0.25) is 0 Å². The van der Waals surface area contributed by atoms with E-state index in [0.29, 0.717) is 17.0 Å². The van der Waals surface area contributed by atoms with Crippen LogP contribution in [0, 0.1) is 10.1 Å². The number of carbonyl (C=O) groups excluding carboxylic acids is 2. The summed E-state index contributed by atoms with van der Waals surface area (Å²) in [6.45, 7) is -0.613. The van der Waals surface area contributed by atoms with Crippen molar-refractivity contribution in [1.82, 2.24) is 4.98 Å². The van der Waals surface area contributed by atoms with Crippen LogP contribution in [0.15, 0.2) is 63.8 Å². The summed E-state index contributed by atoms with van der Waals surface area (Å²) in [5.41, 5.74) is 5.88. The minimum Gasteiger partial charge on any atom is -0.452 e. The van der Waals surface area contributed by atoms with Gasteiger partial charge in [0.15, 0.2) is 11.7 Å². The molecule has 0 bridgehead atoms. The molecule has 0 aliphatic carbocycles. The van der Waals surface area contributed by atoms with Crippen LogP contribution in [0.3, 0.4) is 0 Å². The minimum absolute atomic E-state index is 0.0227. The topological polar surface area (TPSA) is 172 Å². The van der Waals surface area contributed by atoms with E-state index in [4.69, 9.17) is 10.5 Å². The van der Waals surface area contributed by atoms with Gasteiger partial charge in [0, 0.05) is 17.8 Å². The van der Waals surface area contributed by atoms with E-state index in [2.05, 4.69) is 10.3 Å². The number of hydrogen-bond donors (Lipinski definition) is 2. The number of esters is 1. The summed E-state index contributed by atoms with van der Waals surface area (Å²) in [7, 11) is -3.98. The first-order valence-electron chi connectivity index (χ1n) is 8.45. The first-order chi connectivity index (χ1) is 14.7. The SMILES string of the molecule is Nc1cccc(C(=O)OCC(=O)Nc2ncc(S(=O)(=O)c3ccc([N+](=O)[O-])cc3)s2)c1. The molecule has 2 aromatic carbocycles. The van der Waals surface area contributed by atoms with Gasteiger partial charge in [-0.2, -0.15) is 0 Å². The number of ether oxygens (including phenoxy) is 1. The molecule has 0 aliphatic heterocycles. The molecular formula is C18H14N4O7S2. The number of nitro benzene ring substituents is 1. The summed E-state index contributed by atoms with van der Waals surface area (Å²) >= 11 is 0.684. The number of aromatic nitrogens is 1. The molecule has 1 amide bonds. The Balaban J connectivity index is 1.63. The van der Waals surface area contributed by atoms with Gasteiger partial charge in [-0.3, -0.25) is 20.2 Å². The standard InChI is InChI=1S/C18H14N4O7S2/c19-12-3-1-2-11(8-12)17(24)29-10-15(23)21-18-20-9-16(30-18)31(27,28)14-6-4-13(5-7-14)22(25)26/h1-9H,10,19H2,(H,20,21,23). The lowest BCUT2D eigenvalue weighted by Gasteiger charge is -2.05. The van der Waals surface area contributed by atoms with E-state index in [1.165, 1.54) is 12.1 Å². The second-order valence-corrected chi connectivity index (χ2v) is 9.20. The Morgan fingerprint density at radius 1 is 1.19 bits per heavy atom. The number of anilines is 2. The molecule has 0 spiro atoms. The van der Waals surface area contributed by atoms with Crippen LogP contribution < -0.4 is 11.1 Å². The monoisotopic (exact) mass is 462 g/mol. The largest absolute Gasteiger partial charge is 0.452 e. The number of rotatable bonds is 7. The number of hydrogen-bond acceptors (Lipinski definition) is 10. The van der Waals surface area contributed by atoms with Gasteiger partial charge >= 0.3 is 5.97 Å². The Kier molecular flexibility index (Phi) is 6.27. The number of thiazole rings is 1. The first kappa shape index (κ1) is 21.9. The quantitative estimate of drug-likeness (QED) is 0.231. The molecule has 31 heavy (non-hydrogen) atoms. The molecule has 1 aromatic heterocycles. The summed E-state index contributed by atoms with van der Waals surface area (Å²) < 4.78 is 30.0. The highest BCUT2D eigenvalue weighted by Gasteiger charge is 2.22. The maximum absolute atomic E-state index is 12.6. The zero-order valence-electron chi connectivity index (χ0n) is 15.5. The Morgan fingerprint density at radius 3 is 2.55 bits per heavy atom. The van der Waals surface area contributed by atoms with Crippen molar-refractivity contribution in [3.05, 3.63) is 70.4 Å². The van der Waals surface area contributed by atoms with Gasteiger partial charge in [-0.1, -0.05) is 17.4 Å². The number of carbonyl (C=O) groups is 2. The highest BCUT2D eigenvalue weighted by Crippen LogP contribution is 2.29. The Labute approximate surface area is 179 Å². The minimum atomic E-state index is -3.98. The normalized spacial score (nSPS) is 11.0. The van der Waals surface area contributed by atoms with E-state index in [9.17, 15) is 28.1 Å². The lowest BCUT2D eigenvalue weighted by molar-refractivity contribution is -0.384. The number of nitrogen functional groups attached to an aromatic ring is 1. The maximum atomic E-state index is 12.6. The van der Waals surface area contributed by atoms with Crippen LogP contribution in [0.4, 0.5) is 16.5 Å². The second kappa shape index (κ2) is 8.89. The van der Waals surface area contributed by atoms with Gasteiger partial charge in [-0.05, 0) is 30.3 Å². The molecule has 0 atom stereocenters. The van der Waals surface area contributed by atoms with Crippen molar-refractivity contribution >= 4 is 49.6 Å². The van der Waals surface area contributed by atoms with E-state index >= 15 is 0 Å². The van der Waals surface area contributed by atoms with Gasteiger partial charge in [0.05, 0.1) is 21.6 Å². The van der Waals surface area contributed by atoms with E-state index < -0.39 is 33.2 Å². The van der Waals surface area contributed by atoms with E-state index in [1.807, 2.05) is 0 Å². The summed E-state index contributed by atoms with van der Waals surface area (Å²) in [4.78, 5) is 37.6. The van der Waals surface area contributed by atoms with Crippen molar-refractivity contribution in [3.8, 4) is 0 Å². The van der Waals surface area contributed by atoms with Crippen molar-refractivity contribution in [2.75, 3.05) is 17.7 Å². The Morgan fingerprint density at radius 2 is 1.90 bits per heavy atom. The predicted molar refractivity (Wildman–Crippen MR) is 110 cm³/mol. The van der Waals surface area contributed by atoms with Gasteiger partial charge < -0.3 is 10.5 Å². The van der Waals surface area contributed by atoms with Crippen LogP contribution in [0.25, 0.3) is 0 Å². The summed E-state index contributed by atoms with van der Waals surface area (Å²) in [6, 6.07) is 10.4. The molecule has 0 radical (unpaired) electrons. The molecule has 0 unspecified atom stereocenters. The Hall–Kier alpha value is -3.84. The number of nitrogens with two attached hydrogens (primary N) is 1. The summed E-state index contributed by atoms with van der Waals surface area (Å²) in [5.74, 6) is -1.46. The molecule has 0 fully saturated rings. The third-order valence-corrected chi connectivity index (χ3v) is 6.95. The van der Waals surface area contributed by atoms with Crippen molar-refractivity contribution < 1.29 is 27.7 Å². The lowest BCUT2D eigenvalue weighted by Crippen LogP contribution is -2.20. The first-order valence-corrected chi connectivity index (χ1v) is 10.7. The third-order valence-electron chi connectivity index (χ3n) is 3.81. The third kappa shape index (κ3) is 5.21. The van der Waals surface area contributed by atoms with Crippen LogP contribution in [-0.2, 0) is 19.4 Å². The molecule has 3 rings (SSSR count).